The number of rotatable bonds is 2. The molecule has 1 atom stereocenters. The zero-order valence-electron chi connectivity index (χ0n) is 12.4. The highest BCUT2D eigenvalue weighted by Gasteiger charge is 2.30. The summed E-state index contributed by atoms with van der Waals surface area (Å²) in [6, 6.07) is 4.23. The van der Waals surface area contributed by atoms with Crippen molar-refractivity contribution in [3.05, 3.63) is 35.4 Å². The van der Waals surface area contributed by atoms with Crippen molar-refractivity contribution in [3.8, 4) is 11.8 Å². The number of carbonyl (C=O) groups excluding carboxylic acids is 1. The van der Waals surface area contributed by atoms with Gasteiger partial charge in [-0.1, -0.05) is 17.9 Å². The van der Waals surface area contributed by atoms with Crippen molar-refractivity contribution >= 4 is 6.03 Å². The molecule has 7 heteroatoms. The highest BCUT2D eigenvalue weighted by Crippen LogP contribution is 2.29. The van der Waals surface area contributed by atoms with E-state index < -0.39 is 11.7 Å². The molecular formula is C16H17F3N2O2. The van der Waals surface area contributed by atoms with Crippen molar-refractivity contribution < 1.29 is 23.1 Å². The molecule has 2 rings (SSSR count). The summed E-state index contributed by atoms with van der Waals surface area (Å²) >= 11 is 0. The molecule has 1 fully saturated rings. The summed E-state index contributed by atoms with van der Waals surface area (Å²) in [6.45, 7) is 0.533. The standard InChI is InChI=1S/C16H17F3N2O2/c17-16(18,19)13-6-1-4-12(10-13)5-2-8-20-15(23)21-9-3-7-14(21)11-22/h1,4,6,10,14,22H,3,7-9,11H2,(H,20,23)/t14-/m1/s1. The zero-order valence-corrected chi connectivity index (χ0v) is 12.4. The summed E-state index contributed by atoms with van der Waals surface area (Å²) in [4.78, 5) is 13.4. The Morgan fingerprint density at radius 1 is 1.43 bits per heavy atom. The molecule has 0 unspecified atom stereocenters. The smallest absolute Gasteiger partial charge is 0.394 e. The molecule has 1 aromatic carbocycles. The van der Waals surface area contributed by atoms with Crippen LogP contribution in [0.25, 0.3) is 0 Å². The Morgan fingerprint density at radius 3 is 2.91 bits per heavy atom. The highest BCUT2D eigenvalue weighted by molar-refractivity contribution is 5.75. The molecular weight excluding hydrogens is 309 g/mol. The number of urea groups is 1. The molecule has 124 valence electrons. The van der Waals surface area contributed by atoms with E-state index in [2.05, 4.69) is 17.2 Å². The van der Waals surface area contributed by atoms with Gasteiger partial charge < -0.3 is 15.3 Å². The fourth-order valence-electron chi connectivity index (χ4n) is 2.43. The third kappa shape index (κ3) is 4.63. The van der Waals surface area contributed by atoms with Crippen LogP contribution in [-0.2, 0) is 6.18 Å². The number of hydrogen-bond acceptors (Lipinski definition) is 2. The quantitative estimate of drug-likeness (QED) is 0.819. The van der Waals surface area contributed by atoms with Crippen LogP contribution in [0.1, 0.15) is 24.0 Å². The van der Waals surface area contributed by atoms with Crippen LogP contribution in [0.15, 0.2) is 24.3 Å². The van der Waals surface area contributed by atoms with Gasteiger partial charge in [-0.3, -0.25) is 0 Å². The topological polar surface area (TPSA) is 52.6 Å². The third-order valence-electron chi connectivity index (χ3n) is 3.60. The average Bonchev–Trinajstić information content (AvgIpc) is 2.99. The summed E-state index contributed by atoms with van der Waals surface area (Å²) < 4.78 is 37.7. The highest BCUT2D eigenvalue weighted by atomic mass is 19.4. The van der Waals surface area contributed by atoms with Gasteiger partial charge >= 0.3 is 12.2 Å². The Labute approximate surface area is 132 Å². The largest absolute Gasteiger partial charge is 0.416 e. The number of nitrogens with zero attached hydrogens (tertiary/aromatic N) is 1. The lowest BCUT2D eigenvalue weighted by molar-refractivity contribution is -0.137. The molecule has 23 heavy (non-hydrogen) atoms. The normalized spacial score (nSPS) is 17.6. The fraction of sp³-hybridized carbons (Fsp3) is 0.438. The number of carbonyl (C=O) groups is 1. The molecule has 4 nitrogen and oxygen atoms in total. The minimum Gasteiger partial charge on any atom is -0.394 e. The average molecular weight is 326 g/mol. The monoisotopic (exact) mass is 326 g/mol. The van der Waals surface area contributed by atoms with Gasteiger partial charge in [0.1, 0.15) is 0 Å². The molecule has 0 aromatic heterocycles. The maximum Gasteiger partial charge on any atom is 0.416 e. The second-order valence-electron chi connectivity index (χ2n) is 5.21. The van der Waals surface area contributed by atoms with Crippen LogP contribution in [0.5, 0.6) is 0 Å². The van der Waals surface area contributed by atoms with Crippen LogP contribution < -0.4 is 5.32 Å². The minimum atomic E-state index is -4.40. The molecule has 2 amide bonds. The maximum atomic E-state index is 12.6. The predicted molar refractivity (Wildman–Crippen MR) is 78.5 cm³/mol. The Bertz CT molecular complexity index is 620. The van der Waals surface area contributed by atoms with Gasteiger partial charge in [0.2, 0.25) is 0 Å². The number of benzene rings is 1. The molecule has 1 saturated heterocycles. The lowest BCUT2D eigenvalue weighted by Crippen LogP contribution is -2.44. The maximum absolute atomic E-state index is 12.6. The number of alkyl halides is 3. The van der Waals surface area contributed by atoms with Crippen LogP contribution in [-0.4, -0.2) is 41.8 Å². The third-order valence-corrected chi connectivity index (χ3v) is 3.60. The zero-order chi connectivity index (χ0) is 16.9. The van der Waals surface area contributed by atoms with E-state index in [0.29, 0.717) is 6.54 Å². The molecule has 0 saturated carbocycles. The van der Waals surface area contributed by atoms with Crippen LogP contribution in [0.4, 0.5) is 18.0 Å². The number of likely N-dealkylation sites (tertiary alicyclic amines) is 1. The van der Waals surface area contributed by atoms with Crippen molar-refractivity contribution in [1.29, 1.82) is 0 Å². The summed E-state index contributed by atoms with van der Waals surface area (Å²) in [7, 11) is 0. The number of aliphatic hydroxyl groups is 1. The Kier molecular flexibility index (Phi) is 5.50. The molecule has 0 aliphatic carbocycles. The first-order valence-corrected chi connectivity index (χ1v) is 7.23. The van der Waals surface area contributed by atoms with Crippen LogP contribution in [0, 0.1) is 11.8 Å². The Hall–Kier alpha value is -2.20. The van der Waals surface area contributed by atoms with E-state index in [9.17, 15) is 18.0 Å². The van der Waals surface area contributed by atoms with Crippen LogP contribution in [0.2, 0.25) is 0 Å². The summed E-state index contributed by atoms with van der Waals surface area (Å²) in [5.74, 6) is 5.22. The molecule has 1 heterocycles. The minimum absolute atomic E-state index is 0.0315. The number of nitrogens with one attached hydrogen (secondary N) is 1. The SMILES string of the molecule is O=C(NCC#Cc1cccc(C(F)(F)F)c1)N1CCC[C@@H]1CO. The first-order valence-electron chi connectivity index (χ1n) is 7.23. The fourth-order valence-corrected chi connectivity index (χ4v) is 2.43. The molecule has 1 aliphatic heterocycles. The van der Waals surface area contributed by atoms with Gasteiger partial charge in [-0.25, -0.2) is 4.79 Å². The Balaban J connectivity index is 1.90. The molecule has 0 radical (unpaired) electrons. The molecule has 1 aliphatic rings. The molecule has 0 spiro atoms. The lowest BCUT2D eigenvalue weighted by Gasteiger charge is -2.22. The van der Waals surface area contributed by atoms with E-state index in [1.165, 1.54) is 12.1 Å². The van der Waals surface area contributed by atoms with E-state index >= 15 is 0 Å². The van der Waals surface area contributed by atoms with Crippen molar-refractivity contribution in [1.82, 2.24) is 10.2 Å². The number of amides is 2. The first kappa shape index (κ1) is 17.2. The van der Waals surface area contributed by atoms with E-state index in [0.717, 1.165) is 25.0 Å². The van der Waals surface area contributed by atoms with Gasteiger partial charge in [-0.05, 0) is 31.0 Å². The van der Waals surface area contributed by atoms with Crippen LogP contribution >= 0.6 is 0 Å². The van der Waals surface area contributed by atoms with E-state index in [4.69, 9.17) is 5.11 Å². The van der Waals surface area contributed by atoms with Crippen molar-refractivity contribution in [2.24, 2.45) is 0 Å². The van der Waals surface area contributed by atoms with E-state index in [1.54, 1.807) is 4.90 Å². The number of hydrogen-bond donors (Lipinski definition) is 2. The molecule has 2 N–H and O–H groups in total. The van der Waals surface area contributed by atoms with Gasteiger partial charge in [-0.15, -0.1) is 0 Å². The molecule has 1 aromatic rings. The van der Waals surface area contributed by atoms with Crippen molar-refractivity contribution in [2.75, 3.05) is 19.7 Å². The summed E-state index contributed by atoms with van der Waals surface area (Å²) in [5, 5.41) is 11.7. The van der Waals surface area contributed by atoms with Crippen LogP contribution in [0.3, 0.4) is 0 Å². The van der Waals surface area contributed by atoms with Gasteiger partial charge in [0, 0.05) is 12.1 Å². The van der Waals surface area contributed by atoms with E-state index in [1.807, 2.05) is 0 Å². The number of halogens is 3. The van der Waals surface area contributed by atoms with Gasteiger partial charge in [0.05, 0.1) is 24.8 Å². The van der Waals surface area contributed by atoms with E-state index in [-0.39, 0.29) is 30.8 Å². The van der Waals surface area contributed by atoms with Gasteiger partial charge in [-0.2, -0.15) is 13.2 Å². The molecule has 0 bridgehead atoms. The number of aliphatic hydroxyl groups excluding tert-OH is 1. The van der Waals surface area contributed by atoms with Crippen molar-refractivity contribution in [2.45, 2.75) is 25.1 Å². The second-order valence-corrected chi connectivity index (χ2v) is 5.21. The summed E-state index contributed by atoms with van der Waals surface area (Å²) in [5.41, 5.74) is -0.514. The van der Waals surface area contributed by atoms with Crippen molar-refractivity contribution in [3.63, 3.8) is 0 Å². The first-order chi connectivity index (χ1) is 10.9. The Morgan fingerprint density at radius 2 is 2.22 bits per heavy atom. The predicted octanol–water partition coefficient (Wildman–Crippen LogP) is 2.22. The lowest BCUT2D eigenvalue weighted by atomic mass is 10.1. The second kappa shape index (κ2) is 7.38. The van der Waals surface area contributed by atoms with Gasteiger partial charge in [0.15, 0.2) is 0 Å². The summed E-state index contributed by atoms with van der Waals surface area (Å²) in [6.07, 6.45) is -2.80. The van der Waals surface area contributed by atoms with Gasteiger partial charge in [0.25, 0.3) is 0 Å².